The first-order chi connectivity index (χ1) is 15.9. The van der Waals surface area contributed by atoms with Gasteiger partial charge in [-0.15, -0.1) is 0 Å². The number of fused-ring (bicyclic) bond motifs is 1. The van der Waals surface area contributed by atoms with Gasteiger partial charge in [-0.25, -0.2) is 4.98 Å². The Labute approximate surface area is 208 Å². The maximum Gasteiger partial charge on any atom is 0.282 e. The third-order valence-corrected chi connectivity index (χ3v) is 6.02. The largest absolute Gasteiger partial charge is 0.493 e. The average Bonchev–Trinajstić information content (AvgIpc) is 2.79. The quantitative estimate of drug-likeness (QED) is 0.268. The van der Waals surface area contributed by atoms with E-state index in [9.17, 15) is 4.79 Å². The molecule has 168 valence electrons. The van der Waals surface area contributed by atoms with Crippen molar-refractivity contribution >= 4 is 56.2 Å². The van der Waals surface area contributed by atoms with Gasteiger partial charge in [0.05, 0.1) is 29.2 Å². The van der Waals surface area contributed by atoms with Crippen LogP contribution in [0.15, 0.2) is 69.0 Å². The first kappa shape index (κ1) is 23.3. The summed E-state index contributed by atoms with van der Waals surface area (Å²) >= 11 is 16.1. The Bertz CT molecular complexity index is 1440. The van der Waals surface area contributed by atoms with Crippen molar-refractivity contribution in [2.24, 2.45) is 5.10 Å². The summed E-state index contributed by atoms with van der Waals surface area (Å²) < 4.78 is 13.4. The number of rotatable bonds is 6. The Morgan fingerprint density at radius 2 is 1.91 bits per heavy atom. The number of halogens is 3. The maximum absolute atomic E-state index is 12.9. The highest BCUT2D eigenvalue weighted by Gasteiger charge is 2.13. The van der Waals surface area contributed by atoms with E-state index in [4.69, 9.17) is 32.7 Å². The van der Waals surface area contributed by atoms with Crippen molar-refractivity contribution in [1.29, 1.82) is 0 Å². The number of aryl methyl sites for hydroxylation is 1. The molecule has 0 amide bonds. The van der Waals surface area contributed by atoms with Gasteiger partial charge in [0, 0.05) is 15.1 Å². The molecular formula is C24H18BrCl2N3O3. The molecule has 0 bridgehead atoms. The second kappa shape index (κ2) is 9.95. The normalized spacial score (nSPS) is 11.3. The molecule has 1 aromatic heterocycles. The van der Waals surface area contributed by atoms with E-state index in [1.807, 2.05) is 24.3 Å². The molecule has 0 fully saturated rings. The Kier molecular flexibility index (Phi) is 7.02. The van der Waals surface area contributed by atoms with Crippen LogP contribution < -0.4 is 15.0 Å². The molecular weight excluding hydrogens is 529 g/mol. The molecule has 0 unspecified atom stereocenters. The fourth-order valence-electron chi connectivity index (χ4n) is 3.24. The smallest absolute Gasteiger partial charge is 0.282 e. The van der Waals surface area contributed by atoms with Crippen LogP contribution >= 0.6 is 39.1 Å². The number of hydrogen-bond donors (Lipinski definition) is 0. The molecule has 4 rings (SSSR count). The zero-order valence-corrected chi connectivity index (χ0v) is 20.8. The van der Waals surface area contributed by atoms with Crippen molar-refractivity contribution in [3.63, 3.8) is 0 Å². The Balaban J connectivity index is 1.65. The third kappa shape index (κ3) is 5.05. The average molecular weight is 547 g/mol. The third-order valence-electron chi connectivity index (χ3n) is 4.87. The van der Waals surface area contributed by atoms with Gasteiger partial charge in [0.15, 0.2) is 11.5 Å². The Hall–Kier alpha value is -2.87. The molecule has 6 nitrogen and oxygen atoms in total. The second-order valence-corrected chi connectivity index (χ2v) is 8.83. The standard InChI is InChI=1S/C24H18BrCl2N3O3/c1-14-29-21-8-7-17(25)11-18(21)24(31)30(14)28-12-15-9-20(27)23(22(10-15)32-2)33-13-16-5-3-4-6-19(16)26/h3-12H,13H2,1-2H3. The van der Waals surface area contributed by atoms with E-state index < -0.39 is 0 Å². The number of nitrogens with zero attached hydrogens (tertiary/aromatic N) is 3. The van der Waals surface area contributed by atoms with Gasteiger partial charge in [-0.3, -0.25) is 4.79 Å². The lowest BCUT2D eigenvalue weighted by atomic mass is 10.2. The highest BCUT2D eigenvalue weighted by molar-refractivity contribution is 9.10. The molecule has 0 spiro atoms. The molecule has 0 N–H and O–H groups in total. The topological polar surface area (TPSA) is 65.7 Å². The van der Waals surface area contributed by atoms with E-state index in [2.05, 4.69) is 26.0 Å². The minimum absolute atomic E-state index is 0.232. The van der Waals surface area contributed by atoms with Crippen molar-refractivity contribution in [3.8, 4) is 11.5 Å². The molecule has 0 aliphatic rings. The van der Waals surface area contributed by atoms with Gasteiger partial charge in [0.2, 0.25) is 0 Å². The summed E-state index contributed by atoms with van der Waals surface area (Å²) in [5.41, 5.74) is 1.79. The summed E-state index contributed by atoms with van der Waals surface area (Å²) in [6, 6.07) is 16.2. The van der Waals surface area contributed by atoms with Crippen molar-refractivity contribution in [2.75, 3.05) is 7.11 Å². The lowest BCUT2D eigenvalue weighted by Gasteiger charge is -2.14. The first-order valence-electron chi connectivity index (χ1n) is 9.84. The fourth-order valence-corrected chi connectivity index (χ4v) is 4.06. The van der Waals surface area contributed by atoms with Crippen molar-refractivity contribution in [1.82, 2.24) is 9.66 Å². The van der Waals surface area contributed by atoms with E-state index in [1.165, 1.54) is 18.0 Å². The van der Waals surface area contributed by atoms with Crippen LogP contribution in [0.25, 0.3) is 10.9 Å². The highest BCUT2D eigenvalue weighted by atomic mass is 79.9. The molecule has 0 atom stereocenters. The van der Waals surface area contributed by atoms with Crippen LogP contribution in [0, 0.1) is 6.92 Å². The van der Waals surface area contributed by atoms with Crippen LogP contribution in [0.1, 0.15) is 17.0 Å². The van der Waals surface area contributed by atoms with E-state index in [-0.39, 0.29) is 12.2 Å². The zero-order chi connectivity index (χ0) is 23.5. The summed E-state index contributed by atoms with van der Waals surface area (Å²) in [6.45, 7) is 1.95. The molecule has 0 radical (unpaired) electrons. The second-order valence-electron chi connectivity index (χ2n) is 7.10. The molecule has 0 saturated carbocycles. The molecule has 9 heteroatoms. The van der Waals surface area contributed by atoms with Gasteiger partial charge in [-0.05, 0) is 48.9 Å². The van der Waals surface area contributed by atoms with E-state index in [1.54, 1.807) is 37.3 Å². The van der Waals surface area contributed by atoms with Gasteiger partial charge in [0.25, 0.3) is 5.56 Å². The van der Waals surface area contributed by atoms with Gasteiger partial charge in [-0.1, -0.05) is 57.3 Å². The molecule has 0 saturated heterocycles. The summed E-state index contributed by atoms with van der Waals surface area (Å²) in [4.78, 5) is 17.4. The van der Waals surface area contributed by atoms with Crippen molar-refractivity contribution in [3.05, 3.63) is 96.4 Å². The lowest BCUT2D eigenvalue weighted by Crippen LogP contribution is -2.20. The molecule has 0 aliphatic heterocycles. The number of aromatic nitrogens is 2. The Morgan fingerprint density at radius 3 is 2.67 bits per heavy atom. The number of hydrogen-bond acceptors (Lipinski definition) is 5. The molecule has 0 aliphatic carbocycles. The van der Waals surface area contributed by atoms with Crippen LogP contribution in [0.3, 0.4) is 0 Å². The van der Waals surface area contributed by atoms with Crippen molar-refractivity contribution in [2.45, 2.75) is 13.5 Å². The summed E-state index contributed by atoms with van der Waals surface area (Å²) in [5.74, 6) is 1.28. The van der Waals surface area contributed by atoms with E-state index in [0.717, 1.165) is 10.0 Å². The van der Waals surface area contributed by atoms with Crippen LogP contribution in [-0.2, 0) is 6.61 Å². The fraction of sp³-hybridized carbons (Fsp3) is 0.125. The summed E-state index contributed by atoms with van der Waals surface area (Å²) in [6.07, 6.45) is 1.52. The molecule has 3 aromatic carbocycles. The Morgan fingerprint density at radius 1 is 1.12 bits per heavy atom. The number of benzene rings is 3. The predicted molar refractivity (Wildman–Crippen MR) is 135 cm³/mol. The van der Waals surface area contributed by atoms with Crippen molar-refractivity contribution < 1.29 is 9.47 Å². The maximum atomic E-state index is 12.9. The summed E-state index contributed by atoms with van der Waals surface area (Å²) in [7, 11) is 1.52. The van der Waals surface area contributed by atoms with E-state index in [0.29, 0.717) is 43.8 Å². The van der Waals surface area contributed by atoms with Crippen LogP contribution in [-0.4, -0.2) is 23.0 Å². The van der Waals surface area contributed by atoms with Gasteiger partial charge >= 0.3 is 0 Å². The molecule has 1 heterocycles. The SMILES string of the molecule is COc1cc(C=Nn2c(C)nc3ccc(Br)cc3c2=O)cc(Cl)c1OCc1ccccc1Cl. The van der Waals surface area contributed by atoms with Crippen LogP contribution in [0.2, 0.25) is 10.0 Å². The monoisotopic (exact) mass is 545 g/mol. The van der Waals surface area contributed by atoms with Crippen LogP contribution in [0.4, 0.5) is 0 Å². The van der Waals surface area contributed by atoms with Crippen LogP contribution in [0.5, 0.6) is 11.5 Å². The number of ether oxygens (including phenoxy) is 2. The number of methoxy groups -OCH3 is 1. The van der Waals surface area contributed by atoms with Gasteiger partial charge in [-0.2, -0.15) is 9.78 Å². The first-order valence-corrected chi connectivity index (χ1v) is 11.4. The predicted octanol–water partition coefficient (Wildman–Crippen LogP) is 6.24. The van der Waals surface area contributed by atoms with Gasteiger partial charge < -0.3 is 9.47 Å². The zero-order valence-electron chi connectivity index (χ0n) is 17.7. The molecule has 33 heavy (non-hydrogen) atoms. The van der Waals surface area contributed by atoms with Gasteiger partial charge in [0.1, 0.15) is 12.4 Å². The molecule has 4 aromatic rings. The van der Waals surface area contributed by atoms with E-state index >= 15 is 0 Å². The lowest BCUT2D eigenvalue weighted by molar-refractivity contribution is 0.285. The summed E-state index contributed by atoms with van der Waals surface area (Å²) in [5, 5.41) is 5.74. The highest BCUT2D eigenvalue weighted by Crippen LogP contribution is 2.37. The minimum Gasteiger partial charge on any atom is -0.493 e. The minimum atomic E-state index is -0.271.